The van der Waals surface area contributed by atoms with Gasteiger partial charge in [-0.15, -0.1) is 0 Å². The quantitative estimate of drug-likeness (QED) is 0.786. The fraction of sp³-hybridized carbons (Fsp3) is 0.545. The molecule has 1 aromatic heterocycles. The zero-order valence-electron chi connectivity index (χ0n) is 9.43. The smallest absolute Gasteiger partial charge is 0.242 e. The van der Waals surface area contributed by atoms with Gasteiger partial charge in [0.25, 0.3) is 0 Å². The number of amides is 1. The van der Waals surface area contributed by atoms with Gasteiger partial charge in [-0.3, -0.25) is 9.69 Å². The van der Waals surface area contributed by atoms with Crippen LogP contribution in [0.3, 0.4) is 0 Å². The molecule has 0 saturated carbocycles. The highest BCUT2D eigenvalue weighted by Crippen LogP contribution is 2.21. The number of hydrogen-bond donors (Lipinski definition) is 1. The lowest BCUT2D eigenvalue weighted by molar-refractivity contribution is -0.124. The molecule has 1 fully saturated rings. The summed E-state index contributed by atoms with van der Waals surface area (Å²) < 4.78 is 5.28. The monoisotopic (exact) mass is 223 g/mol. The molecule has 16 heavy (non-hydrogen) atoms. The minimum Gasteiger partial charge on any atom is -0.467 e. The number of carbonyl (C=O) groups excluding carboxylic acids is 1. The maximum absolute atomic E-state index is 11.5. The number of hydrogen-bond acceptors (Lipinski definition) is 4. The average molecular weight is 223 g/mol. The van der Waals surface area contributed by atoms with Gasteiger partial charge in [-0.1, -0.05) is 0 Å². The van der Waals surface area contributed by atoms with E-state index in [9.17, 15) is 4.79 Å². The molecule has 1 aliphatic heterocycles. The fourth-order valence-corrected chi connectivity index (χ4v) is 2.03. The molecular weight excluding hydrogens is 206 g/mol. The number of carbonyl (C=O) groups is 1. The Hall–Kier alpha value is -1.33. The third-order valence-corrected chi connectivity index (χ3v) is 2.99. The van der Waals surface area contributed by atoms with Gasteiger partial charge in [0.05, 0.1) is 6.26 Å². The van der Waals surface area contributed by atoms with E-state index >= 15 is 0 Å². The first-order valence-electron chi connectivity index (χ1n) is 5.44. The molecule has 2 heterocycles. The molecule has 5 heteroatoms. The number of nitrogens with two attached hydrogens (primary N) is 1. The third-order valence-electron chi connectivity index (χ3n) is 2.99. The molecule has 2 N–H and O–H groups in total. The number of furan rings is 1. The highest BCUT2D eigenvalue weighted by Gasteiger charge is 2.29. The topological polar surface area (TPSA) is 62.7 Å². The lowest BCUT2D eigenvalue weighted by atomic mass is 10.1. The van der Waals surface area contributed by atoms with Crippen molar-refractivity contribution in [1.29, 1.82) is 0 Å². The van der Waals surface area contributed by atoms with E-state index in [0.29, 0.717) is 5.76 Å². The molecular formula is C11H17N3O2. The standard InChI is InChI=1S/C11H17N3O2/c1-13-4-6-14(7-5-13)10(11(12)15)9-3-2-8-16-9/h2-3,8,10H,4-7H2,1H3,(H2,12,15). The van der Waals surface area contributed by atoms with Crippen LogP contribution < -0.4 is 5.73 Å². The van der Waals surface area contributed by atoms with Gasteiger partial charge in [0.1, 0.15) is 11.8 Å². The van der Waals surface area contributed by atoms with E-state index in [-0.39, 0.29) is 5.91 Å². The summed E-state index contributed by atoms with van der Waals surface area (Å²) in [6.07, 6.45) is 1.57. The molecule has 0 radical (unpaired) electrons. The number of nitrogens with zero attached hydrogens (tertiary/aromatic N) is 2. The van der Waals surface area contributed by atoms with E-state index in [1.807, 2.05) is 0 Å². The largest absolute Gasteiger partial charge is 0.467 e. The van der Waals surface area contributed by atoms with Crippen LogP contribution in [-0.4, -0.2) is 48.9 Å². The van der Waals surface area contributed by atoms with E-state index in [4.69, 9.17) is 10.2 Å². The highest BCUT2D eigenvalue weighted by molar-refractivity contribution is 5.80. The van der Waals surface area contributed by atoms with Crippen LogP contribution in [0.2, 0.25) is 0 Å². The summed E-state index contributed by atoms with van der Waals surface area (Å²) in [5.41, 5.74) is 5.44. The number of primary amides is 1. The minimum atomic E-state index is -0.427. The summed E-state index contributed by atoms with van der Waals surface area (Å²) in [5.74, 6) is 0.288. The minimum absolute atomic E-state index is 0.348. The van der Waals surface area contributed by atoms with Gasteiger partial charge < -0.3 is 15.1 Å². The van der Waals surface area contributed by atoms with Gasteiger partial charge in [-0.2, -0.15) is 0 Å². The normalized spacial score (nSPS) is 20.8. The van der Waals surface area contributed by atoms with Crippen LogP contribution in [0, 0.1) is 0 Å². The van der Waals surface area contributed by atoms with Gasteiger partial charge in [0.2, 0.25) is 5.91 Å². The SMILES string of the molecule is CN1CCN(C(C(N)=O)c2ccco2)CC1. The van der Waals surface area contributed by atoms with E-state index in [0.717, 1.165) is 26.2 Å². The summed E-state index contributed by atoms with van der Waals surface area (Å²) in [6.45, 7) is 3.57. The first-order valence-corrected chi connectivity index (χ1v) is 5.44. The van der Waals surface area contributed by atoms with Gasteiger partial charge in [0, 0.05) is 26.2 Å². The van der Waals surface area contributed by atoms with Crippen molar-refractivity contribution in [2.45, 2.75) is 6.04 Å². The maximum atomic E-state index is 11.5. The Bertz CT molecular complexity index is 342. The van der Waals surface area contributed by atoms with Crippen molar-refractivity contribution in [3.05, 3.63) is 24.2 Å². The highest BCUT2D eigenvalue weighted by atomic mass is 16.3. The Morgan fingerprint density at radius 2 is 2.12 bits per heavy atom. The predicted molar refractivity (Wildman–Crippen MR) is 59.7 cm³/mol. The Morgan fingerprint density at radius 3 is 2.62 bits per heavy atom. The van der Waals surface area contributed by atoms with E-state index in [1.54, 1.807) is 18.4 Å². The summed E-state index contributed by atoms with van der Waals surface area (Å²) in [6, 6.07) is 3.15. The van der Waals surface area contributed by atoms with Crippen molar-refractivity contribution in [1.82, 2.24) is 9.80 Å². The van der Waals surface area contributed by atoms with Gasteiger partial charge in [0.15, 0.2) is 0 Å². The van der Waals surface area contributed by atoms with E-state index < -0.39 is 6.04 Å². The van der Waals surface area contributed by atoms with Crippen LogP contribution >= 0.6 is 0 Å². The van der Waals surface area contributed by atoms with Crippen LogP contribution in [-0.2, 0) is 4.79 Å². The molecule has 1 aromatic rings. The zero-order chi connectivity index (χ0) is 11.5. The molecule has 1 aliphatic rings. The lowest BCUT2D eigenvalue weighted by Gasteiger charge is -2.35. The van der Waals surface area contributed by atoms with E-state index in [2.05, 4.69) is 16.8 Å². The molecule has 0 spiro atoms. The molecule has 0 aromatic carbocycles. The van der Waals surface area contributed by atoms with Crippen molar-refractivity contribution in [3.63, 3.8) is 0 Å². The fourth-order valence-electron chi connectivity index (χ4n) is 2.03. The molecule has 1 amide bonds. The summed E-state index contributed by atoms with van der Waals surface area (Å²) in [7, 11) is 2.07. The number of piperazine rings is 1. The zero-order valence-corrected chi connectivity index (χ0v) is 9.43. The van der Waals surface area contributed by atoms with Crippen molar-refractivity contribution in [3.8, 4) is 0 Å². The second kappa shape index (κ2) is 4.67. The van der Waals surface area contributed by atoms with Crippen molar-refractivity contribution in [2.75, 3.05) is 33.2 Å². The molecule has 0 bridgehead atoms. The second-order valence-corrected chi connectivity index (χ2v) is 4.16. The van der Waals surface area contributed by atoms with Gasteiger partial charge in [-0.05, 0) is 19.2 Å². The molecule has 1 saturated heterocycles. The number of likely N-dealkylation sites (N-methyl/N-ethyl adjacent to an activating group) is 1. The number of rotatable bonds is 3. The second-order valence-electron chi connectivity index (χ2n) is 4.16. The van der Waals surface area contributed by atoms with Crippen molar-refractivity contribution >= 4 is 5.91 Å². The van der Waals surface area contributed by atoms with Crippen LogP contribution in [0.25, 0.3) is 0 Å². The van der Waals surface area contributed by atoms with Crippen LogP contribution in [0.5, 0.6) is 0 Å². The van der Waals surface area contributed by atoms with Crippen LogP contribution in [0.15, 0.2) is 22.8 Å². The first kappa shape index (κ1) is 11.2. The Balaban J connectivity index is 2.11. The van der Waals surface area contributed by atoms with Crippen LogP contribution in [0.4, 0.5) is 0 Å². The van der Waals surface area contributed by atoms with Crippen molar-refractivity contribution < 1.29 is 9.21 Å². The van der Waals surface area contributed by atoms with E-state index in [1.165, 1.54) is 0 Å². The molecule has 2 rings (SSSR count). The summed E-state index contributed by atoms with van der Waals surface area (Å²) in [5, 5.41) is 0. The molecule has 0 aliphatic carbocycles. The van der Waals surface area contributed by atoms with Crippen LogP contribution in [0.1, 0.15) is 11.8 Å². The Labute approximate surface area is 94.8 Å². The molecule has 88 valence electrons. The summed E-state index contributed by atoms with van der Waals surface area (Å²) >= 11 is 0. The first-order chi connectivity index (χ1) is 7.68. The third kappa shape index (κ3) is 2.25. The molecule has 5 nitrogen and oxygen atoms in total. The molecule has 1 atom stereocenters. The van der Waals surface area contributed by atoms with Gasteiger partial charge in [-0.25, -0.2) is 0 Å². The van der Waals surface area contributed by atoms with Gasteiger partial charge >= 0.3 is 0 Å². The average Bonchev–Trinajstić information content (AvgIpc) is 2.74. The molecule has 1 unspecified atom stereocenters. The Morgan fingerprint density at radius 1 is 1.44 bits per heavy atom. The Kier molecular flexibility index (Phi) is 3.26. The lowest BCUT2D eigenvalue weighted by Crippen LogP contribution is -2.49. The van der Waals surface area contributed by atoms with Crippen molar-refractivity contribution in [2.24, 2.45) is 5.73 Å². The predicted octanol–water partition coefficient (Wildman–Crippen LogP) is 0.0534. The maximum Gasteiger partial charge on any atom is 0.242 e. The summed E-state index contributed by atoms with van der Waals surface area (Å²) in [4.78, 5) is 15.8.